The summed E-state index contributed by atoms with van der Waals surface area (Å²) in [6, 6.07) is 12.4. The van der Waals surface area contributed by atoms with E-state index in [0.717, 1.165) is 43.1 Å². The Morgan fingerprint density at radius 3 is 2.50 bits per heavy atom. The van der Waals surface area contributed by atoms with Crippen LogP contribution < -0.4 is 5.32 Å². The van der Waals surface area contributed by atoms with Gasteiger partial charge in [-0.1, -0.05) is 44.2 Å². The third kappa shape index (κ3) is 5.50. The van der Waals surface area contributed by atoms with Gasteiger partial charge in [-0.25, -0.2) is 4.68 Å². The second kappa shape index (κ2) is 10.7. The summed E-state index contributed by atoms with van der Waals surface area (Å²) in [7, 11) is 0. The van der Waals surface area contributed by atoms with Gasteiger partial charge in [0.25, 0.3) is 0 Å². The van der Waals surface area contributed by atoms with Crippen molar-refractivity contribution >= 4 is 18.1 Å². The average Bonchev–Trinajstić information content (AvgIpc) is 3.38. The zero-order valence-electron chi connectivity index (χ0n) is 20.5. The molecule has 34 heavy (non-hydrogen) atoms. The molecule has 0 spiro atoms. The van der Waals surface area contributed by atoms with Gasteiger partial charge in [0.05, 0.1) is 25.0 Å². The molecule has 1 amide bonds. The fraction of sp³-hybridized carbons (Fsp3) is 0.500. The number of likely N-dealkylation sites (tertiary alicyclic amines) is 1. The summed E-state index contributed by atoms with van der Waals surface area (Å²) in [6.07, 6.45) is 3.39. The van der Waals surface area contributed by atoms with Crippen molar-refractivity contribution in [2.45, 2.75) is 59.8 Å². The lowest BCUT2D eigenvalue weighted by molar-refractivity contribution is -0.127. The second-order valence-electron chi connectivity index (χ2n) is 9.64. The molecule has 2 aromatic heterocycles. The van der Waals surface area contributed by atoms with Crippen LogP contribution in [0.5, 0.6) is 0 Å². The molecule has 182 valence electrons. The van der Waals surface area contributed by atoms with Gasteiger partial charge in [-0.2, -0.15) is 5.10 Å². The molecule has 1 saturated heterocycles. The Kier molecular flexibility index (Phi) is 7.68. The molecule has 1 N–H and O–H groups in total. The molecule has 1 aliphatic rings. The largest absolute Gasteiger partial charge is 0.469 e. The van der Waals surface area contributed by atoms with E-state index in [1.165, 1.54) is 5.56 Å². The Morgan fingerprint density at radius 1 is 1.18 bits per heavy atom. The fourth-order valence-electron chi connectivity index (χ4n) is 4.29. The normalized spacial score (nSPS) is 16.1. The van der Waals surface area contributed by atoms with E-state index in [1.54, 1.807) is 6.26 Å². The van der Waals surface area contributed by atoms with Gasteiger partial charge in [0.15, 0.2) is 10.6 Å². The topological polar surface area (TPSA) is 68.2 Å². The Morgan fingerprint density at radius 2 is 1.88 bits per heavy atom. The Bertz CT molecular complexity index is 1160. The van der Waals surface area contributed by atoms with Gasteiger partial charge in [0, 0.05) is 25.0 Å². The number of piperidine rings is 1. The predicted octanol–water partition coefficient (Wildman–Crippen LogP) is 4.86. The molecular weight excluding hydrogens is 446 g/mol. The zero-order chi connectivity index (χ0) is 24.2. The van der Waals surface area contributed by atoms with Crippen molar-refractivity contribution in [1.29, 1.82) is 0 Å². The van der Waals surface area contributed by atoms with Crippen molar-refractivity contribution in [2.75, 3.05) is 13.1 Å². The molecular formula is C26H35N5O2S. The minimum absolute atomic E-state index is 0.0743. The number of hydrogen-bond acceptors (Lipinski definition) is 5. The van der Waals surface area contributed by atoms with Gasteiger partial charge in [-0.3, -0.25) is 14.3 Å². The van der Waals surface area contributed by atoms with E-state index in [-0.39, 0.29) is 17.9 Å². The maximum Gasteiger partial charge on any atom is 0.223 e. The molecule has 8 heteroatoms. The van der Waals surface area contributed by atoms with Crippen LogP contribution in [0.25, 0.3) is 11.4 Å². The number of nitrogens with zero attached hydrogens (tertiary/aromatic N) is 4. The summed E-state index contributed by atoms with van der Waals surface area (Å²) in [5.41, 5.74) is 2.12. The van der Waals surface area contributed by atoms with Gasteiger partial charge < -0.3 is 9.73 Å². The standard InChI is InChI=1S/C26H35N5O2S/c1-18(2)19(3)27-25(32)22-10-13-29(14-11-22)17-31-26(34)30(16-21-8-6-5-7-9-21)24(28-31)23-12-15-33-20(23)4/h5-9,12,15,18-19,22H,10-11,13-14,16-17H2,1-4H3,(H,27,32). The molecule has 1 unspecified atom stereocenters. The molecule has 0 radical (unpaired) electrons. The van der Waals surface area contributed by atoms with Crippen LogP contribution in [0.1, 0.15) is 44.9 Å². The van der Waals surface area contributed by atoms with Crippen LogP contribution >= 0.6 is 12.2 Å². The summed E-state index contributed by atoms with van der Waals surface area (Å²) in [5.74, 6) is 2.33. The minimum atomic E-state index is 0.0743. The van der Waals surface area contributed by atoms with E-state index in [1.807, 2.05) is 35.9 Å². The number of rotatable bonds is 8. The molecule has 1 aromatic carbocycles. The molecule has 0 saturated carbocycles. The summed E-state index contributed by atoms with van der Waals surface area (Å²) in [4.78, 5) is 15.0. The summed E-state index contributed by atoms with van der Waals surface area (Å²) in [5, 5.41) is 8.08. The SMILES string of the molecule is Cc1occc1-c1nn(CN2CCC(C(=O)NC(C)C(C)C)CC2)c(=S)n1Cc1ccccc1. The summed E-state index contributed by atoms with van der Waals surface area (Å²) in [6.45, 7) is 11.2. The first kappa shape index (κ1) is 24.4. The molecule has 3 aromatic rings. The lowest BCUT2D eigenvalue weighted by Gasteiger charge is -2.32. The Balaban J connectivity index is 1.48. The average molecular weight is 482 g/mol. The minimum Gasteiger partial charge on any atom is -0.469 e. The van der Waals surface area contributed by atoms with Crippen LogP contribution in [0, 0.1) is 23.5 Å². The van der Waals surface area contributed by atoms with E-state index in [9.17, 15) is 4.79 Å². The third-order valence-electron chi connectivity index (χ3n) is 6.87. The van der Waals surface area contributed by atoms with E-state index < -0.39 is 0 Å². The van der Waals surface area contributed by atoms with E-state index in [4.69, 9.17) is 21.7 Å². The molecule has 7 nitrogen and oxygen atoms in total. The maximum atomic E-state index is 12.6. The number of aryl methyl sites for hydroxylation is 1. The predicted molar refractivity (Wildman–Crippen MR) is 136 cm³/mol. The molecule has 0 aliphatic carbocycles. The van der Waals surface area contributed by atoms with Crippen LogP contribution in [0.3, 0.4) is 0 Å². The number of nitrogens with one attached hydrogen (secondary N) is 1. The van der Waals surface area contributed by atoms with Crippen molar-refractivity contribution in [2.24, 2.45) is 11.8 Å². The van der Waals surface area contributed by atoms with Gasteiger partial charge >= 0.3 is 0 Å². The Hall–Kier alpha value is -2.71. The molecule has 3 heterocycles. The summed E-state index contributed by atoms with van der Waals surface area (Å²) >= 11 is 5.88. The number of carbonyl (C=O) groups excluding carboxylic acids is 1. The highest BCUT2D eigenvalue weighted by molar-refractivity contribution is 7.71. The van der Waals surface area contributed by atoms with Gasteiger partial charge in [0.1, 0.15) is 5.76 Å². The lowest BCUT2D eigenvalue weighted by atomic mass is 9.95. The quantitative estimate of drug-likeness (QED) is 0.465. The first-order valence-electron chi connectivity index (χ1n) is 12.1. The first-order chi connectivity index (χ1) is 16.3. The van der Waals surface area contributed by atoms with Crippen molar-refractivity contribution in [3.63, 3.8) is 0 Å². The second-order valence-corrected chi connectivity index (χ2v) is 10.0. The van der Waals surface area contributed by atoms with E-state index >= 15 is 0 Å². The van der Waals surface area contributed by atoms with Gasteiger partial charge in [-0.05, 0) is 56.5 Å². The van der Waals surface area contributed by atoms with E-state index in [0.29, 0.717) is 23.9 Å². The highest BCUT2D eigenvalue weighted by atomic mass is 32.1. The van der Waals surface area contributed by atoms with Crippen molar-refractivity contribution < 1.29 is 9.21 Å². The third-order valence-corrected chi connectivity index (χ3v) is 7.30. The highest BCUT2D eigenvalue weighted by Crippen LogP contribution is 2.25. The molecule has 1 fully saturated rings. The van der Waals surface area contributed by atoms with Crippen molar-refractivity contribution in [3.05, 3.63) is 58.8 Å². The first-order valence-corrected chi connectivity index (χ1v) is 12.5. The van der Waals surface area contributed by atoms with E-state index in [2.05, 4.69) is 47.7 Å². The fourth-order valence-corrected chi connectivity index (χ4v) is 4.54. The zero-order valence-corrected chi connectivity index (χ0v) is 21.3. The highest BCUT2D eigenvalue weighted by Gasteiger charge is 2.27. The monoisotopic (exact) mass is 481 g/mol. The van der Waals surface area contributed by atoms with Crippen LogP contribution in [0.2, 0.25) is 0 Å². The lowest BCUT2D eigenvalue weighted by Crippen LogP contribution is -2.44. The maximum absolute atomic E-state index is 12.6. The number of amides is 1. The van der Waals surface area contributed by atoms with Crippen molar-refractivity contribution in [1.82, 2.24) is 24.6 Å². The van der Waals surface area contributed by atoms with Crippen LogP contribution in [-0.2, 0) is 18.0 Å². The van der Waals surface area contributed by atoms with Gasteiger partial charge in [0.2, 0.25) is 5.91 Å². The van der Waals surface area contributed by atoms with Crippen LogP contribution in [-0.4, -0.2) is 44.3 Å². The molecule has 0 bridgehead atoms. The molecule has 1 aliphatic heterocycles. The number of benzene rings is 1. The molecule has 1 atom stereocenters. The summed E-state index contributed by atoms with van der Waals surface area (Å²) < 4.78 is 10.2. The number of furan rings is 1. The molecule has 4 rings (SSSR count). The number of carbonyl (C=O) groups is 1. The van der Waals surface area contributed by atoms with Crippen molar-refractivity contribution in [3.8, 4) is 11.4 Å². The van der Waals surface area contributed by atoms with Gasteiger partial charge in [-0.15, -0.1) is 0 Å². The van der Waals surface area contributed by atoms with Crippen LogP contribution in [0.15, 0.2) is 47.1 Å². The Labute approximate surface area is 206 Å². The van der Waals surface area contributed by atoms with Crippen LogP contribution in [0.4, 0.5) is 0 Å². The smallest absolute Gasteiger partial charge is 0.223 e. The number of aromatic nitrogens is 3. The number of hydrogen-bond donors (Lipinski definition) is 1.